The zero-order valence-corrected chi connectivity index (χ0v) is 30.3. The second-order valence-electron chi connectivity index (χ2n) is 13.7. The van der Waals surface area contributed by atoms with Crippen LogP contribution >= 0.6 is 0 Å². The number of allylic oxidation sites excluding steroid dienone is 9. The summed E-state index contributed by atoms with van der Waals surface area (Å²) in [5.41, 5.74) is 10.4. The lowest BCUT2D eigenvalue weighted by Gasteiger charge is -2.24. The molecule has 0 aliphatic rings. The lowest BCUT2D eigenvalue weighted by Crippen LogP contribution is -2.16. The minimum atomic E-state index is 0.993. The van der Waals surface area contributed by atoms with Crippen molar-refractivity contribution in [2.45, 2.75) is 27.7 Å². The number of nitrogens with zero attached hydrogens (tertiary/aromatic N) is 2. The van der Waals surface area contributed by atoms with Gasteiger partial charge < -0.3 is 9.47 Å². The monoisotopic (exact) mass is 670 g/mol. The Morgan fingerprint density at radius 2 is 1.31 bits per heavy atom. The number of rotatable bonds is 9. The van der Waals surface area contributed by atoms with Crippen molar-refractivity contribution in [3.63, 3.8) is 0 Å². The Morgan fingerprint density at radius 3 is 2.08 bits per heavy atom. The molecule has 0 atom stereocenters. The average molecular weight is 671 g/mol. The molecule has 0 bridgehead atoms. The number of benzene rings is 7. The van der Waals surface area contributed by atoms with Gasteiger partial charge in [-0.25, -0.2) is 0 Å². The summed E-state index contributed by atoms with van der Waals surface area (Å²) in [7, 11) is 0. The molecule has 0 fully saturated rings. The van der Waals surface area contributed by atoms with E-state index in [1.54, 1.807) is 0 Å². The quantitative estimate of drug-likeness (QED) is 0.110. The minimum Gasteiger partial charge on any atom is -0.317 e. The summed E-state index contributed by atoms with van der Waals surface area (Å²) in [6, 6.07) is 44.7. The summed E-state index contributed by atoms with van der Waals surface area (Å²) in [4.78, 5) is 2.21. The van der Waals surface area contributed by atoms with Crippen LogP contribution in [0.3, 0.4) is 0 Å². The van der Waals surface area contributed by atoms with Crippen LogP contribution in [0, 0.1) is 0 Å². The van der Waals surface area contributed by atoms with Gasteiger partial charge in [-0.15, -0.1) is 0 Å². The van der Waals surface area contributed by atoms with Crippen LogP contribution in [-0.2, 0) is 0 Å². The highest BCUT2D eigenvalue weighted by atomic mass is 15.1. The Balaban J connectivity index is 1.28. The van der Waals surface area contributed by atoms with Gasteiger partial charge in [0.05, 0.1) is 11.0 Å². The summed E-state index contributed by atoms with van der Waals surface area (Å²) in [6.45, 7) is 12.6. The molecule has 2 nitrogen and oxygen atoms in total. The molecule has 8 rings (SSSR count). The van der Waals surface area contributed by atoms with E-state index in [9.17, 15) is 0 Å². The molecular weight excluding hydrogens is 629 g/mol. The third-order valence-corrected chi connectivity index (χ3v) is 9.92. The summed E-state index contributed by atoms with van der Waals surface area (Å²) in [6.07, 6.45) is 16.7. The molecule has 0 radical (unpaired) electrons. The second-order valence-corrected chi connectivity index (χ2v) is 13.7. The maximum absolute atomic E-state index is 4.31. The molecule has 0 N–H and O–H groups in total. The van der Waals surface area contributed by atoms with E-state index in [0.29, 0.717) is 0 Å². The smallest absolute Gasteiger partial charge is 0.0553 e. The molecule has 1 aromatic heterocycles. The predicted octanol–water partition coefficient (Wildman–Crippen LogP) is 14.2. The zero-order chi connectivity index (χ0) is 35.8. The first-order valence-electron chi connectivity index (χ1n) is 18.0. The summed E-state index contributed by atoms with van der Waals surface area (Å²) >= 11 is 0. The van der Waals surface area contributed by atoms with E-state index in [0.717, 1.165) is 17.0 Å². The number of hydrogen-bond acceptors (Lipinski definition) is 1. The van der Waals surface area contributed by atoms with Crippen molar-refractivity contribution >= 4 is 59.8 Å². The first-order valence-corrected chi connectivity index (χ1v) is 18.0. The Bertz CT molecular complexity index is 2760. The van der Waals surface area contributed by atoms with Crippen LogP contribution in [0.5, 0.6) is 0 Å². The molecule has 0 saturated heterocycles. The molecule has 0 spiro atoms. The minimum absolute atomic E-state index is 0.993. The van der Waals surface area contributed by atoms with E-state index < -0.39 is 0 Å². The molecule has 8 aromatic rings. The average Bonchev–Trinajstić information content (AvgIpc) is 3.50. The molecule has 0 unspecified atom stereocenters. The third kappa shape index (κ3) is 5.73. The number of aromatic nitrogens is 1. The van der Waals surface area contributed by atoms with Gasteiger partial charge in [-0.3, -0.25) is 0 Å². The fourth-order valence-electron chi connectivity index (χ4n) is 7.61. The van der Waals surface area contributed by atoms with Gasteiger partial charge >= 0.3 is 0 Å². The van der Waals surface area contributed by atoms with E-state index in [1.807, 2.05) is 13.0 Å². The second kappa shape index (κ2) is 13.7. The molecule has 0 aliphatic carbocycles. The maximum Gasteiger partial charge on any atom is 0.0553 e. The van der Waals surface area contributed by atoms with Crippen molar-refractivity contribution in [1.29, 1.82) is 0 Å². The maximum atomic E-state index is 4.31. The van der Waals surface area contributed by atoms with Crippen molar-refractivity contribution in [1.82, 2.24) is 4.57 Å². The largest absolute Gasteiger partial charge is 0.317 e. The molecule has 2 heteroatoms. The number of anilines is 1. The highest BCUT2D eigenvalue weighted by Gasteiger charge is 2.19. The summed E-state index contributed by atoms with van der Waals surface area (Å²) in [5, 5.41) is 10.3. The van der Waals surface area contributed by atoms with Crippen LogP contribution in [0.25, 0.3) is 70.9 Å². The fraction of sp³-hybridized carbons (Fsp3) is 0.0800. The predicted molar refractivity (Wildman–Crippen MR) is 228 cm³/mol. The molecule has 7 aromatic carbocycles. The number of fused-ring (bicyclic) bond motifs is 4. The topological polar surface area (TPSA) is 8.17 Å². The van der Waals surface area contributed by atoms with Crippen LogP contribution in [0.4, 0.5) is 5.69 Å². The van der Waals surface area contributed by atoms with Crippen molar-refractivity contribution in [2.24, 2.45) is 0 Å². The first kappa shape index (κ1) is 32.8. The molecule has 1 heterocycles. The summed E-state index contributed by atoms with van der Waals surface area (Å²) in [5.74, 6) is 0. The van der Waals surface area contributed by atoms with E-state index in [-0.39, 0.29) is 0 Å². The van der Waals surface area contributed by atoms with Crippen molar-refractivity contribution in [2.75, 3.05) is 4.90 Å². The Morgan fingerprint density at radius 1 is 0.596 bits per heavy atom. The van der Waals surface area contributed by atoms with E-state index in [1.165, 1.54) is 76.5 Å². The van der Waals surface area contributed by atoms with E-state index in [2.05, 4.69) is 201 Å². The molecule has 0 amide bonds. The van der Waals surface area contributed by atoms with Gasteiger partial charge in [-0.2, -0.15) is 0 Å². The van der Waals surface area contributed by atoms with E-state index in [4.69, 9.17) is 0 Å². The Labute approximate surface area is 306 Å². The fourth-order valence-corrected chi connectivity index (χ4v) is 7.61. The van der Waals surface area contributed by atoms with Gasteiger partial charge in [0.15, 0.2) is 0 Å². The third-order valence-electron chi connectivity index (χ3n) is 9.92. The highest BCUT2D eigenvalue weighted by molar-refractivity contribution is 6.34. The SMILES string of the molecule is C=C(C)/C(=C\C=C/C)N(/C=C/C=C\C=C(C)C)c1ccc(-c2ccc3ccc4cc5c(c6ccc2c3c46)c2ccccc2n5-c2ccccc2)cc1. The van der Waals surface area contributed by atoms with Crippen molar-refractivity contribution in [3.05, 3.63) is 193 Å². The molecule has 252 valence electrons. The van der Waals surface area contributed by atoms with Crippen molar-refractivity contribution in [3.8, 4) is 16.8 Å². The molecule has 0 aliphatic heterocycles. The van der Waals surface area contributed by atoms with Crippen LogP contribution in [0.15, 0.2) is 193 Å². The van der Waals surface area contributed by atoms with Crippen molar-refractivity contribution < 1.29 is 0 Å². The molecular formula is C50H42N2. The number of para-hydroxylation sites is 2. The highest BCUT2D eigenvalue weighted by Crippen LogP contribution is 2.45. The van der Waals surface area contributed by atoms with Crippen LogP contribution < -0.4 is 4.90 Å². The zero-order valence-electron chi connectivity index (χ0n) is 30.3. The van der Waals surface area contributed by atoms with Gasteiger partial charge in [0.2, 0.25) is 0 Å². The standard InChI is InChI=1S/C50H42N2/c1-6-7-20-45(35(4)5)51(32-15-9-10-16-34(2)3)39-27-24-36(25-28-39)41-29-26-37-22-23-38-33-47-50(44-31-30-42(41)48(37)49(38)44)43-19-13-14-21-46(43)52(47)40-17-11-8-12-18-40/h6-33H,4H2,1-3,5H3/b7-6-,10-9-,32-15+,45-20+. The van der Waals surface area contributed by atoms with Gasteiger partial charge in [0, 0.05) is 34.0 Å². The normalized spacial score (nSPS) is 12.6. The molecule has 0 saturated carbocycles. The van der Waals surface area contributed by atoms with Crippen LogP contribution in [0.1, 0.15) is 27.7 Å². The van der Waals surface area contributed by atoms with Gasteiger partial charge in [0.25, 0.3) is 0 Å². The van der Waals surface area contributed by atoms with Gasteiger partial charge in [-0.1, -0.05) is 127 Å². The Hall–Kier alpha value is -6.38. The lowest BCUT2D eigenvalue weighted by atomic mass is 9.88. The molecule has 52 heavy (non-hydrogen) atoms. The lowest BCUT2D eigenvalue weighted by molar-refractivity contribution is 1.16. The van der Waals surface area contributed by atoms with Crippen LogP contribution in [0.2, 0.25) is 0 Å². The van der Waals surface area contributed by atoms with E-state index >= 15 is 0 Å². The number of hydrogen-bond donors (Lipinski definition) is 0. The van der Waals surface area contributed by atoms with Crippen LogP contribution in [-0.4, -0.2) is 4.57 Å². The van der Waals surface area contributed by atoms with Gasteiger partial charge in [0.1, 0.15) is 0 Å². The first-order chi connectivity index (χ1) is 25.4. The Kier molecular flexibility index (Phi) is 8.66. The summed E-state index contributed by atoms with van der Waals surface area (Å²) < 4.78 is 2.41. The van der Waals surface area contributed by atoms with Gasteiger partial charge in [-0.05, 0) is 125 Å².